The van der Waals surface area contributed by atoms with Gasteiger partial charge in [0.05, 0.1) is 26.4 Å². The smallest absolute Gasteiger partial charge is 0.463 e. The normalized spacial score (nSPS) is 14.4. The molecule has 18 heteroatoms. The van der Waals surface area contributed by atoms with Crippen molar-refractivity contribution in [3.8, 4) is 0 Å². The molecule has 0 aromatic rings. The molecule has 107 heavy (non-hydrogen) atoms. The summed E-state index contributed by atoms with van der Waals surface area (Å²) in [4.78, 5) is 58.7. The first-order valence-corrected chi connectivity index (χ1v) is 46.2. The van der Waals surface area contributed by atoms with E-state index >= 15 is 0 Å². The van der Waals surface area contributed by atoms with Crippen molar-refractivity contribution in [2.24, 2.45) is 0 Å². The van der Waals surface area contributed by atoms with Crippen molar-refractivity contribution in [3.05, 3.63) is 109 Å². The summed E-state index contributed by atoms with van der Waals surface area (Å²) in [6, 6.07) is 0. The first-order chi connectivity index (χ1) is 52.2. The minimum Gasteiger partial charge on any atom is -0.463 e. The maximum Gasteiger partial charge on any atom is 0.472 e. The summed E-state index contributed by atoms with van der Waals surface area (Å²) < 4.78 is 61.2. The molecule has 0 rings (SSSR count). The Morgan fingerprint density at radius 2 is 0.467 bits per heavy atom. The summed E-state index contributed by atoms with van der Waals surface area (Å²) in [6.45, 7) is 2.63. The monoisotopic (exact) mass is 1550 g/mol. The Hall–Kier alpha value is -3.79. The van der Waals surface area contributed by atoms with Crippen LogP contribution in [-0.2, 0) is 55.8 Å². The predicted molar refractivity (Wildman–Crippen MR) is 445 cm³/mol. The molecule has 0 aromatic heterocycles. The number of allylic oxidation sites excluding steroid dienone is 18. The van der Waals surface area contributed by atoms with Gasteiger partial charge in [-0.05, 0) is 135 Å². The predicted octanol–water partition coefficient (Wildman–Crippen LogP) is 25.9. The van der Waals surface area contributed by atoms with E-state index in [9.17, 15) is 43.5 Å². The molecule has 0 amide bonds. The number of phosphoric acid groups is 2. The zero-order chi connectivity index (χ0) is 78.0. The molecule has 0 bridgehead atoms. The second kappa shape index (κ2) is 81.7. The van der Waals surface area contributed by atoms with E-state index in [2.05, 4.69) is 130 Å². The van der Waals surface area contributed by atoms with Crippen molar-refractivity contribution in [2.45, 2.75) is 399 Å². The van der Waals surface area contributed by atoms with E-state index in [1.54, 1.807) is 0 Å². The van der Waals surface area contributed by atoms with Crippen LogP contribution in [0.3, 0.4) is 0 Å². The Labute approximate surface area is 653 Å². The minimum absolute atomic E-state index is 0.0921. The first kappa shape index (κ1) is 103. The standard InChI is InChI=1S/C89H158O16P2/c1-4-7-10-13-16-19-22-25-27-29-31-33-35-36-37-38-39-40-41-42-43-44-45-46-48-50-51-53-55-58-60-63-66-69-72-75-87(92)99-78-84(90)79-101-106(95,96)102-80-85(91)81-103-107(97,98)104-83-86(105-89(94)77-74-71-68-65-62-57-24-21-18-15-12-9-6-3)82-100-88(93)76-73-70-67-64-61-59-56-54-52-49-47-34-32-30-28-26-23-20-17-14-11-8-5-2/h16-17,19-21,24-28,31-34,36-37,49,52,84-86,90-91H,4-15,18,22-23,29-30,35,38-48,50-51,53-83H2,1-3H3,(H,95,96)(H,97,98)/b19-16-,20-17-,24-21-,27-25-,28-26-,33-31-,34-32-,37-36-,52-49-. The summed E-state index contributed by atoms with van der Waals surface area (Å²) in [6.07, 6.45) is 97.3. The molecular formula is C89H158O16P2. The lowest BCUT2D eigenvalue weighted by atomic mass is 10.0. The number of phosphoric ester groups is 2. The maximum atomic E-state index is 13.0. The zero-order valence-electron chi connectivity index (χ0n) is 68.0. The summed E-state index contributed by atoms with van der Waals surface area (Å²) in [5.41, 5.74) is 0. The summed E-state index contributed by atoms with van der Waals surface area (Å²) in [5.74, 6) is -1.58. The fraction of sp³-hybridized carbons (Fsp3) is 0.764. The largest absolute Gasteiger partial charge is 0.472 e. The Balaban J connectivity index is 4.38. The molecule has 0 aromatic carbocycles. The van der Waals surface area contributed by atoms with Crippen molar-refractivity contribution < 1.29 is 75.8 Å². The molecule has 0 spiro atoms. The fourth-order valence-corrected chi connectivity index (χ4v) is 13.4. The second-order valence-corrected chi connectivity index (χ2v) is 31.9. The number of aliphatic hydroxyl groups is 2. The van der Waals surface area contributed by atoms with Crippen LogP contribution in [0, 0.1) is 0 Å². The van der Waals surface area contributed by atoms with Crippen molar-refractivity contribution >= 4 is 33.6 Å². The third-order valence-corrected chi connectivity index (χ3v) is 20.3. The average Bonchev–Trinajstić information content (AvgIpc) is 0.909. The number of carbonyl (C=O) groups is 3. The van der Waals surface area contributed by atoms with E-state index in [4.69, 9.17) is 32.3 Å². The van der Waals surface area contributed by atoms with Crippen LogP contribution in [0.25, 0.3) is 0 Å². The van der Waals surface area contributed by atoms with E-state index in [0.717, 1.165) is 141 Å². The Bertz CT molecular complexity index is 2380. The van der Waals surface area contributed by atoms with Gasteiger partial charge in [0.25, 0.3) is 0 Å². The quantitative estimate of drug-likeness (QED) is 0.0146. The molecule has 0 heterocycles. The molecule has 0 aliphatic carbocycles. The van der Waals surface area contributed by atoms with E-state index < -0.39 is 91.5 Å². The Kier molecular flexibility index (Phi) is 78.8. The summed E-state index contributed by atoms with van der Waals surface area (Å²) in [5, 5.41) is 20.7. The van der Waals surface area contributed by atoms with Gasteiger partial charge in [-0.15, -0.1) is 0 Å². The van der Waals surface area contributed by atoms with E-state index in [1.807, 2.05) is 0 Å². The van der Waals surface area contributed by atoms with Crippen LogP contribution in [0.15, 0.2) is 109 Å². The fourth-order valence-electron chi connectivity index (χ4n) is 11.8. The molecule has 0 saturated carbocycles. The summed E-state index contributed by atoms with van der Waals surface area (Å²) >= 11 is 0. The minimum atomic E-state index is -4.93. The lowest BCUT2D eigenvalue weighted by molar-refractivity contribution is -0.161. The number of esters is 3. The third kappa shape index (κ3) is 83.0. The zero-order valence-corrected chi connectivity index (χ0v) is 69.8. The molecule has 5 atom stereocenters. The third-order valence-electron chi connectivity index (χ3n) is 18.4. The van der Waals surface area contributed by atoms with Crippen LogP contribution in [0.4, 0.5) is 0 Å². The number of hydrogen-bond donors (Lipinski definition) is 4. The van der Waals surface area contributed by atoms with Gasteiger partial charge in [-0.3, -0.25) is 32.5 Å². The molecular weight excluding hydrogens is 1390 g/mol. The number of aliphatic hydroxyl groups excluding tert-OH is 2. The molecule has 0 fully saturated rings. The number of unbranched alkanes of at least 4 members (excludes halogenated alkanes) is 41. The van der Waals surface area contributed by atoms with Crippen LogP contribution in [0.1, 0.15) is 380 Å². The first-order valence-electron chi connectivity index (χ1n) is 43.2. The molecule has 0 radical (unpaired) electrons. The Morgan fingerprint density at radius 1 is 0.262 bits per heavy atom. The van der Waals surface area contributed by atoms with Crippen LogP contribution >= 0.6 is 15.6 Å². The van der Waals surface area contributed by atoms with Gasteiger partial charge in [-0.25, -0.2) is 9.13 Å². The highest BCUT2D eigenvalue weighted by Crippen LogP contribution is 2.45. The van der Waals surface area contributed by atoms with Crippen LogP contribution in [0.2, 0.25) is 0 Å². The van der Waals surface area contributed by atoms with Gasteiger partial charge >= 0.3 is 33.6 Å². The SMILES string of the molecule is CCCCC/C=C\C/C=C\C/C=C\C/C=C\CCCCCCCCCCCCCCCCCCCCCC(=O)OCC(O)COP(=O)(O)OCC(O)COP(=O)(O)OCC(COC(=O)CCCCCCCCC/C=C\C/C=C\C/C=C\C/C=C\CCCCC)OC(=O)CCCCCCC/C=C\CCCCCC. The average molecular weight is 1550 g/mol. The highest BCUT2D eigenvalue weighted by Gasteiger charge is 2.29. The van der Waals surface area contributed by atoms with Gasteiger partial charge in [0, 0.05) is 19.3 Å². The lowest BCUT2D eigenvalue weighted by Gasteiger charge is -2.21. The molecule has 0 aliphatic rings. The molecule has 5 unspecified atom stereocenters. The van der Waals surface area contributed by atoms with Gasteiger partial charge in [0.2, 0.25) is 0 Å². The number of carbonyl (C=O) groups excluding carboxylic acids is 3. The van der Waals surface area contributed by atoms with Gasteiger partial charge < -0.3 is 34.2 Å². The molecule has 16 nitrogen and oxygen atoms in total. The number of ether oxygens (including phenoxy) is 3. The van der Waals surface area contributed by atoms with Crippen LogP contribution in [0.5, 0.6) is 0 Å². The van der Waals surface area contributed by atoms with Crippen molar-refractivity contribution in [1.82, 2.24) is 0 Å². The molecule has 0 aliphatic heterocycles. The van der Waals surface area contributed by atoms with Gasteiger partial charge in [0.15, 0.2) is 6.10 Å². The second-order valence-electron chi connectivity index (χ2n) is 29.0. The number of hydrogen-bond acceptors (Lipinski definition) is 14. The van der Waals surface area contributed by atoms with E-state index in [0.29, 0.717) is 19.3 Å². The Morgan fingerprint density at radius 3 is 0.766 bits per heavy atom. The van der Waals surface area contributed by atoms with Gasteiger partial charge in [-0.1, -0.05) is 336 Å². The lowest BCUT2D eigenvalue weighted by Crippen LogP contribution is -2.30. The molecule has 4 N–H and O–H groups in total. The van der Waals surface area contributed by atoms with E-state index in [1.165, 1.54) is 180 Å². The van der Waals surface area contributed by atoms with Crippen LogP contribution < -0.4 is 0 Å². The molecule has 620 valence electrons. The summed E-state index contributed by atoms with van der Waals surface area (Å²) in [7, 11) is -9.79. The molecule has 0 saturated heterocycles. The topological polar surface area (TPSA) is 231 Å². The highest BCUT2D eigenvalue weighted by atomic mass is 31.2. The van der Waals surface area contributed by atoms with Crippen molar-refractivity contribution in [1.29, 1.82) is 0 Å². The maximum absolute atomic E-state index is 13.0. The van der Waals surface area contributed by atoms with E-state index in [-0.39, 0.29) is 19.3 Å². The van der Waals surface area contributed by atoms with Crippen molar-refractivity contribution in [3.63, 3.8) is 0 Å². The van der Waals surface area contributed by atoms with Crippen molar-refractivity contribution in [2.75, 3.05) is 39.6 Å². The van der Waals surface area contributed by atoms with Gasteiger partial charge in [0.1, 0.15) is 25.4 Å². The van der Waals surface area contributed by atoms with Gasteiger partial charge in [-0.2, -0.15) is 0 Å². The van der Waals surface area contributed by atoms with Crippen LogP contribution in [-0.4, -0.2) is 95.9 Å². The highest BCUT2D eigenvalue weighted by molar-refractivity contribution is 7.47. The number of rotatable bonds is 82.